The second-order valence-corrected chi connectivity index (χ2v) is 5.16. The molecule has 1 amide bonds. The topological polar surface area (TPSA) is 54.9 Å². The van der Waals surface area contributed by atoms with Gasteiger partial charge >= 0.3 is 0 Å². The van der Waals surface area contributed by atoms with Crippen molar-refractivity contribution in [3.63, 3.8) is 0 Å². The van der Waals surface area contributed by atoms with E-state index in [2.05, 4.69) is 33.5 Å². The van der Waals surface area contributed by atoms with E-state index in [1.54, 1.807) is 6.20 Å². The first-order valence-electron chi connectivity index (χ1n) is 6.91. The highest BCUT2D eigenvalue weighted by Gasteiger charge is 2.22. The fourth-order valence-electron chi connectivity index (χ4n) is 2.65. The number of hydrogen-bond donors (Lipinski definition) is 1. The van der Waals surface area contributed by atoms with Crippen molar-refractivity contribution in [1.82, 2.24) is 15.3 Å². The van der Waals surface area contributed by atoms with Gasteiger partial charge in [0.05, 0.1) is 17.9 Å². The summed E-state index contributed by atoms with van der Waals surface area (Å²) in [5.74, 6) is -0.154. The Bertz CT molecular complexity index is 622. The molecule has 2 aromatic rings. The number of hydrogen-bond acceptors (Lipinski definition) is 3. The van der Waals surface area contributed by atoms with Gasteiger partial charge in [0.25, 0.3) is 5.91 Å². The SMILES string of the molecule is Cc1cnc(C(=O)NC2CCCc3ccccc32)cn1. The van der Waals surface area contributed by atoms with E-state index in [9.17, 15) is 4.79 Å². The summed E-state index contributed by atoms with van der Waals surface area (Å²) < 4.78 is 0. The van der Waals surface area contributed by atoms with E-state index in [4.69, 9.17) is 0 Å². The number of carbonyl (C=O) groups excluding carboxylic acids is 1. The third-order valence-corrected chi connectivity index (χ3v) is 3.69. The maximum atomic E-state index is 12.2. The van der Waals surface area contributed by atoms with E-state index in [0.29, 0.717) is 5.69 Å². The highest BCUT2D eigenvalue weighted by Crippen LogP contribution is 2.29. The number of aryl methyl sites for hydroxylation is 2. The quantitative estimate of drug-likeness (QED) is 0.910. The van der Waals surface area contributed by atoms with Crippen molar-refractivity contribution >= 4 is 5.91 Å². The van der Waals surface area contributed by atoms with Crippen LogP contribution in [-0.4, -0.2) is 15.9 Å². The summed E-state index contributed by atoms with van der Waals surface area (Å²) in [6.45, 7) is 1.85. The van der Waals surface area contributed by atoms with Gasteiger partial charge in [-0.15, -0.1) is 0 Å². The maximum absolute atomic E-state index is 12.2. The second kappa shape index (κ2) is 5.41. The lowest BCUT2D eigenvalue weighted by molar-refractivity contribution is 0.0927. The number of aromatic nitrogens is 2. The molecule has 4 nitrogen and oxygen atoms in total. The number of benzene rings is 1. The molecule has 4 heteroatoms. The van der Waals surface area contributed by atoms with Crippen LogP contribution in [0.2, 0.25) is 0 Å². The molecule has 0 saturated carbocycles. The van der Waals surface area contributed by atoms with E-state index >= 15 is 0 Å². The average Bonchev–Trinajstić information content (AvgIpc) is 2.48. The predicted octanol–water partition coefficient (Wildman–Crippen LogP) is 2.59. The van der Waals surface area contributed by atoms with Gasteiger partial charge in [0.1, 0.15) is 5.69 Å². The Morgan fingerprint density at radius 3 is 2.90 bits per heavy atom. The number of rotatable bonds is 2. The molecule has 0 saturated heterocycles. The number of nitrogens with zero attached hydrogens (tertiary/aromatic N) is 2. The van der Waals surface area contributed by atoms with Crippen molar-refractivity contribution in [1.29, 1.82) is 0 Å². The van der Waals surface area contributed by atoms with Crippen LogP contribution in [0.3, 0.4) is 0 Å². The predicted molar refractivity (Wildman–Crippen MR) is 76.4 cm³/mol. The van der Waals surface area contributed by atoms with Crippen LogP contribution in [0.15, 0.2) is 36.7 Å². The van der Waals surface area contributed by atoms with Crippen LogP contribution in [0.1, 0.15) is 46.2 Å². The Labute approximate surface area is 118 Å². The third kappa shape index (κ3) is 2.54. The summed E-state index contributed by atoms with van der Waals surface area (Å²) >= 11 is 0. The van der Waals surface area contributed by atoms with Crippen LogP contribution in [0.5, 0.6) is 0 Å². The van der Waals surface area contributed by atoms with Crippen LogP contribution in [0, 0.1) is 6.92 Å². The fourth-order valence-corrected chi connectivity index (χ4v) is 2.65. The second-order valence-electron chi connectivity index (χ2n) is 5.16. The van der Waals surface area contributed by atoms with Gasteiger partial charge in [-0.05, 0) is 37.3 Å². The molecule has 1 aliphatic rings. The van der Waals surface area contributed by atoms with Crippen molar-refractivity contribution < 1.29 is 4.79 Å². The zero-order valence-electron chi connectivity index (χ0n) is 11.5. The summed E-state index contributed by atoms with van der Waals surface area (Å²) in [6, 6.07) is 8.39. The molecule has 102 valence electrons. The molecule has 0 fully saturated rings. The lowest BCUT2D eigenvalue weighted by atomic mass is 9.88. The van der Waals surface area contributed by atoms with Crippen molar-refractivity contribution in [2.45, 2.75) is 32.2 Å². The molecule has 0 spiro atoms. The molecule has 0 radical (unpaired) electrons. The molecule has 20 heavy (non-hydrogen) atoms. The lowest BCUT2D eigenvalue weighted by Gasteiger charge is -2.26. The van der Waals surface area contributed by atoms with Gasteiger partial charge in [0, 0.05) is 6.20 Å². The molecule has 1 heterocycles. The molecule has 0 bridgehead atoms. The largest absolute Gasteiger partial charge is 0.344 e. The van der Waals surface area contributed by atoms with Gasteiger partial charge in [0.2, 0.25) is 0 Å². The molecule has 1 aliphatic carbocycles. The van der Waals surface area contributed by atoms with E-state index in [-0.39, 0.29) is 11.9 Å². The van der Waals surface area contributed by atoms with Gasteiger partial charge in [-0.3, -0.25) is 9.78 Å². The van der Waals surface area contributed by atoms with Gasteiger partial charge in [-0.2, -0.15) is 0 Å². The Morgan fingerprint density at radius 2 is 2.10 bits per heavy atom. The summed E-state index contributed by atoms with van der Waals surface area (Å²) in [4.78, 5) is 20.5. The number of amides is 1. The Hall–Kier alpha value is -2.23. The molecule has 1 atom stereocenters. The molecular formula is C16H17N3O. The van der Waals surface area contributed by atoms with Crippen LogP contribution in [-0.2, 0) is 6.42 Å². The van der Waals surface area contributed by atoms with E-state index < -0.39 is 0 Å². The maximum Gasteiger partial charge on any atom is 0.271 e. The Kier molecular flexibility index (Phi) is 3.46. The van der Waals surface area contributed by atoms with Crippen LogP contribution < -0.4 is 5.32 Å². The van der Waals surface area contributed by atoms with Crippen molar-refractivity contribution in [2.24, 2.45) is 0 Å². The average molecular weight is 267 g/mol. The van der Waals surface area contributed by atoms with Crippen LogP contribution in [0.25, 0.3) is 0 Å². The zero-order chi connectivity index (χ0) is 13.9. The zero-order valence-corrected chi connectivity index (χ0v) is 11.5. The molecule has 1 N–H and O–H groups in total. The lowest BCUT2D eigenvalue weighted by Crippen LogP contribution is -2.31. The van der Waals surface area contributed by atoms with E-state index in [1.807, 2.05) is 13.0 Å². The summed E-state index contributed by atoms with van der Waals surface area (Å²) in [6.07, 6.45) is 6.31. The number of fused-ring (bicyclic) bond motifs is 1. The monoisotopic (exact) mass is 267 g/mol. The van der Waals surface area contributed by atoms with Gasteiger partial charge in [-0.25, -0.2) is 4.98 Å². The fraction of sp³-hybridized carbons (Fsp3) is 0.312. The number of nitrogens with one attached hydrogen (secondary N) is 1. The summed E-state index contributed by atoms with van der Waals surface area (Å²) in [5, 5.41) is 3.07. The molecule has 1 aromatic heterocycles. The van der Waals surface area contributed by atoms with E-state index in [0.717, 1.165) is 25.0 Å². The normalized spacial score (nSPS) is 17.4. The van der Waals surface area contributed by atoms with Gasteiger partial charge in [0.15, 0.2) is 0 Å². The molecule has 0 aliphatic heterocycles. The standard InChI is InChI=1S/C16H17N3O/c1-11-9-18-15(10-17-11)16(20)19-14-8-4-6-12-5-2-3-7-13(12)14/h2-3,5,7,9-10,14H,4,6,8H2,1H3,(H,19,20). The third-order valence-electron chi connectivity index (χ3n) is 3.69. The minimum Gasteiger partial charge on any atom is -0.344 e. The van der Waals surface area contributed by atoms with Crippen molar-refractivity contribution in [3.8, 4) is 0 Å². The van der Waals surface area contributed by atoms with Crippen LogP contribution in [0.4, 0.5) is 0 Å². The Balaban J connectivity index is 1.79. The molecule has 1 unspecified atom stereocenters. The Morgan fingerprint density at radius 1 is 1.25 bits per heavy atom. The van der Waals surface area contributed by atoms with Crippen LogP contribution >= 0.6 is 0 Å². The first kappa shape index (κ1) is 12.8. The van der Waals surface area contributed by atoms with E-state index in [1.165, 1.54) is 17.3 Å². The first-order valence-corrected chi connectivity index (χ1v) is 6.91. The molecular weight excluding hydrogens is 250 g/mol. The van der Waals surface area contributed by atoms with Crippen molar-refractivity contribution in [2.75, 3.05) is 0 Å². The van der Waals surface area contributed by atoms with Gasteiger partial charge < -0.3 is 5.32 Å². The minimum absolute atomic E-state index is 0.0792. The smallest absolute Gasteiger partial charge is 0.271 e. The highest BCUT2D eigenvalue weighted by atomic mass is 16.1. The van der Waals surface area contributed by atoms with Gasteiger partial charge in [-0.1, -0.05) is 24.3 Å². The molecule has 1 aromatic carbocycles. The first-order chi connectivity index (χ1) is 9.74. The molecule has 3 rings (SSSR count). The summed E-state index contributed by atoms with van der Waals surface area (Å²) in [5.41, 5.74) is 3.74. The van der Waals surface area contributed by atoms with Crippen molar-refractivity contribution in [3.05, 3.63) is 59.2 Å². The minimum atomic E-state index is -0.154. The number of carbonyl (C=O) groups is 1. The highest BCUT2D eigenvalue weighted by molar-refractivity contribution is 5.92. The summed E-state index contributed by atoms with van der Waals surface area (Å²) in [7, 11) is 0.